The number of fused-ring (bicyclic) bond motifs is 1. The molecule has 2 atom stereocenters. The molecule has 0 aliphatic carbocycles. The highest BCUT2D eigenvalue weighted by atomic mass is 19.1. The molecule has 1 unspecified atom stereocenters. The minimum atomic E-state index is -0.628. The summed E-state index contributed by atoms with van der Waals surface area (Å²) in [5, 5.41) is 9.31. The Morgan fingerprint density at radius 3 is 2.50 bits per heavy atom. The van der Waals surface area contributed by atoms with Gasteiger partial charge in [-0.2, -0.15) is 5.26 Å². The number of aromatic nitrogens is 2. The van der Waals surface area contributed by atoms with E-state index in [-0.39, 0.29) is 41.2 Å². The van der Waals surface area contributed by atoms with Gasteiger partial charge in [-0.1, -0.05) is 0 Å². The summed E-state index contributed by atoms with van der Waals surface area (Å²) >= 11 is 0. The van der Waals surface area contributed by atoms with Crippen molar-refractivity contribution in [3.63, 3.8) is 0 Å². The molecule has 4 rings (SSSR count). The molecule has 34 heavy (non-hydrogen) atoms. The number of nitriles is 1. The molecular weight excluding hydrogens is 440 g/mol. The fourth-order valence-corrected chi connectivity index (χ4v) is 4.53. The van der Waals surface area contributed by atoms with Crippen LogP contribution in [0.3, 0.4) is 0 Å². The molecule has 1 fully saturated rings. The molecule has 1 aliphatic rings. The summed E-state index contributed by atoms with van der Waals surface area (Å²) in [7, 11) is 1.67. The van der Waals surface area contributed by atoms with E-state index in [4.69, 9.17) is 4.74 Å². The smallest absolute Gasteiger partial charge is 0.252 e. The molecule has 3 heterocycles. The van der Waals surface area contributed by atoms with Gasteiger partial charge in [-0.25, -0.2) is 13.8 Å². The molecule has 1 aliphatic heterocycles. The third kappa shape index (κ3) is 4.33. The van der Waals surface area contributed by atoms with Gasteiger partial charge in [-0.15, -0.1) is 0 Å². The number of nitrogens with zero attached hydrogens (tertiary/aromatic N) is 5. The first-order chi connectivity index (χ1) is 16.2. The second-order valence-corrected chi connectivity index (χ2v) is 8.68. The summed E-state index contributed by atoms with van der Waals surface area (Å²) < 4.78 is 36.0. The lowest BCUT2D eigenvalue weighted by Gasteiger charge is -2.45. The van der Waals surface area contributed by atoms with Crippen molar-refractivity contribution in [1.29, 1.82) is 5.26 Å². The maximum Gasteiger partial charge on any atom is 0.252 e. The fraction of sp³-hybridized carbons (Fsp3) is 0.400. The standard InChI is InChI=1S/C25H27F2N5O2/c1-5-34-18-8-20(26)19(21(27)9-18)14-31-12-16(3)32(13-15(31)2)23-10-24(33)30(4)22-7-6-17(11-28)29-25(22)23/h6-10,15-16H,5,12-14H2,1-4H3/t15?,16-/m0/s1. The van der Waals surface area contributed by atoms with Crippen LogP contribution >= 0.6 is 0 Å². The quantitative estimate of drug-likeness (QED) is 0.571. The van der Waals surface area contributed by atoms with Gasteiger partial charge in [0.25, 0.3) is 5.56 Å². The summed E-state index contributed by atoms with van der Waals surface area (Å²) in [5.41, 5.74) is 1.99. The summed E-state index contributed by atoms with van der Waals surface area (Å²) in [6, 6.07) is 9.24. The van der Waals surface area contributed by atoms with Gasteiger partial charge in [-0.05, 0) is 32.9 Å². The average Bonchev–Trinajstić information content (AvgIpc) is 2.80. The highest BCUT2D eigenvalue weighted by molar-refractivity contribution is 5.89. The fourth-order valence-electron chi connectivity index (χ4n) is 4.53. The number of halogens is 2. The van der Waals surface area contributed by atoms with Crippen LogP contribution in [0.2, 0.25) is 0 Å². The van der Waals surface area contributed by atoms with E-state index >= 15 is 0 Å². The first kappa shape index (κ1) is 23.6. The lowest BCUT2D eigenvalue weighted by atomic mass is 10.0. The summed E-state index contributed by atoms with van der Waals surface area (Å²) in [6.07, 6.45) is 0. The Labute approximate surface area is 196 Å². The van der Waals surface area contributed by atoms with Crippen LogP contribution in [-0.2, 0) is 13.6 Å². The summed E-state index contributed by atoms with van der Waals surface area (Å²) in [5.74, 6) is -1.08. The third-order valence-corrected chi connectivity index (χ3v) is 6.39. The van der Waals surface area contributed by atoms with E-state index in [2.05, 4.69) is 16.0 Å². The first-order valence-electron chi connectivity index (χ1n) is 11.3. The minimum absolute atomic E-state index is 0.00955. The molecule has 0 N–H and O–H groups in total. The molecule has 0 saturated carbocycles. The minimum Gasteiger partial charge on any atom is -0.494 e. The molecule has 3 aromatic rings. The van der Waals surface area contributed by atoms with Gasteiger partial charge in [-0.3, -0.25) is 9.69 Å². The van der Waals surface area contributed by atoms with Crippen molar-refractivity contribution < 1.29 is 13.5 Å². The largest absolute Gasteiger partial charge is 0.494 e. The Morgan fingerprint density at radius 2 is 1.85 bits per heavy atom. The summed E-state index contributed by atoms with van der Waals surface area (Å²) in [4.78, 5) is 21.2. The number of hydrogen-bond acceptors (Lipinski definition) is 6. The zero-order valence-electron chi connectivity index (χ0n) is 19.7. The molecule has 0 amide bonds. The van der Waals surface area contributed by atoms with Crippen LogP contribution in [-0.4, -0.2) is 46.2 Å². The summed E-state index contributed by atoms with van der Waals surface area (Å²) in [6.45, 7) is 7.26. The molecule has 0 spiro atoms. The van der Waals surface area contributed by atoms with Crippen LogP contribution in [0.5, 0.6) is 5.75 Å². The van der Waals surface area contributed by atoms with Gasteiger partial charge in [0.2, 0.25) is 0 Å². The van der Waals surface area contributed by atoms with Gasteiger partial charge >= 0.3 is 0 Å². The Balaban J connectivity index is 1.64. The molecule has 7 nitrogen and oxygen atoms in total. The molecule has 0 radical (unpaired) electrons. The lowest BCUT2D eigenvalue weighted by molar-refractivity contribution is 0.154. The van der Waals surface area contributed by atoms with Crippen molar-refractivity contribution in [3.05, 3.63) is 63.6 Å². The van der Waals surface area contributed by atoms with Crippen molar-refractivity contribution in [2.75, 3.05) is 24.6 Å². The van der Waals surface area contributed by atoms with Gasteiger partial charge in [0.1, 0.15) is 34.7 Å². The number of pyridine rings is 2. The number of anilines is 1. The van der Waals surface area contributed by atoms with Gasteiger partial charge in [0, 0.05) is 62.5 Å². The van der Waals surface area contributed by atoms with E-state index in [1.165, 1.54) is 16.7 Å². The topological polar surface area (TPSA) is 74.4 Å². The molecule has 1 aromatic carbocycles. The van der Waals surface area contributed by atoms with E-state index in [9.17, 15) is 18.8 Å². The monoisotopic (exact) mass is 467 g/mol. The van der Waals surface area contributed by atoms with Crippen LogP contribution in [0.25, 0.3) is 11.0 Å². The Bertz CT molecular complexity index is 1310. The van der Waals surface area contributed by atoms with Gasteiger partial charge < -0.3 is 14.2 Å². The zero-order chi connectivity index (χ0) is 24.6. The van der Waals surface area contributed by atoms with Gasteiger partial charge in [0.05, 0.1) is 17.8 Å². The van der Waals surface area contributed by atoms with Crippen molar-refractivity contribution >= 4 is 16.7 Å². The number of benzene rings is 1. The Morgan fingerprint density at radius 1 is 1.15 bits per heavy atom. The maximum absolute atomic E-state index is 14.7. The maximum atomic E-state index is 14.7. The van der Waals surface area contributed by atoms with Crippen LogP contribution in [0.4, 0.5) is 14.5 Å². The van der Waals surface area contributed by atoms with E-state index in [1.807, 2.05) is 18.7 Å². The number of hydrogen-bond donors (Lipinski definition) is 0. The Hall–Kier alpha value is -3.51. The molecule has 0 bridgehead atoms. The number of piperazine rings is 1. The van der Waals surface area contributed by atoms with Crippen LogP contribution in [0, 0.1) is 23.0 Å². The Kier molecular flexibility index (Phi) is 6.53. The molecule has 9 heteroatoms. The SMILES string of the molecule is CCOc1cc(F)c(CN2C[C@H](C)N(c3cc(=O)n(C)c4ccc(C#N)nc34)CC2C)c(F)c1. The number of ether oxygens (including phenoxy) is 1. The van der Waals surface area contributed by atoms with Crippen molar-refractivity contribution in [2.24, 2.45) is 7.05 Å². The number of rotatable bonds is 5. The average molecular weight is 468 g/mol. The van der Waals surface area contributed by atoms with Crippen LogP contribution in [0.1, 0.15) is 32.0 Å². The number of aryl methyl sites for hydroxylation is 1. The molecule has 1 saturated heterocycles. The third-order valence-electron chi connectivity index (χ3n) is 6.39. The molecular formula is C25H27F2N5O2. The van der Waals surface area contributed by atoms with Crippen molar-refractivity contribution in [2.45, 2.75) is 39.4 Å². The normalized spacial score (nSPS) is 18.8. The highest BCUT2D eigenvalue weighted by Gasteiger charge is 2.32. The predicted octanol–water partition coefficient (Wildman–Crippen LogP) is 3.58. The van der Waals surface area contributed by atoms with E-state index in [1.54, 1.807) is 32.2 Å². The van der Waals surface area contributed by atoms with E-state index in [0.717, 1.165) is 0 Å². The van der Waals surface area contributed by atoms with E-state index in [0.29, 0.717) is 36.4 Å². The van der Waals surface area contributed by atoms with Gasteiger partial charge in [0.15, 0.2) is 0 Å². The lowest BCUT2D eigenvalue weighted by Crippen LogP contribution is -2.56. The van der Waals surface area contributed by atoms with Crippen molar-refractivity contribution in [3.8, 4) is 11.8 Å². The predicted molar refractivity (Wildman–Crippen MR) is 126 cm³/mol. The first-order valence-corrected chi connectivity index (χ1v) is 11.3. The van der Waals surface area contributed by atoms with Crippen molar-refractivity contribution in [1.82, 2.24) is 14.5 Å². The molecule has 178 valence electrons. The zero-order valence-corrected chi connectivity index (χ0v) is 19.7. The van der Waals surface area contributed by atoms with E-state index < -0.39 is 11.6 Å². The highest BCUT2D eigenvalue weighted by Crippen LogP contribution is 2.30. The molecule has 2 aromatic heterocycles. The van der Waals surface area contributed by atoms with Crippen LogP contribution in [0.15, 0.2) is 35.1 Å². The second-order valence-electron chi connectivity index (χ2n) is 8.68. The van der Waals surface area contributed by atoms with Crippen LogP contribution < -0.4 is 15.2 Å². The second kappa shape index (κ2) is 9.39.